The number of carbonyl (C=O) groups excluding carboxylic acids is 1. The smallest absolute Gasteiger partial charge is 0.395 e. The molecule has 0 unspecified atom stereocenters. The molecule has 0 bridgehead atoms. The molecular formula is C8H16O3Si. The van der Waals surface area contributed by atoms with E-state index in [0.29, 0.717) is 12.2 Å². The van der Waals surface area contributed by atoms with Gasteiger partial charge in [-0.25, -0.2) is 4.79 Å². The number of carbonyl (C=O) groups is 1. The van der Waals surface area contributed by atoms with E-state index < -0.39 is 8.56 Å². The summed E-state index contributed by atoms with van der Waals surface area (Å²) < 4.78 is 10.4. The van der Waals surface area contributed by atoms with Gasteiger partial charge in [-0.1, -0.05) is 6.58 Å². The van der Waals surface area contributed by atoms with Gasteiger partial charge in [0.15, 0.2) is 0 Å². The van der Waals surface area contributed by atoms with Crippen LogP contribution in [0.5, 0.6) is 0 Å². The van der Waals surface area contributed by atoms with Crippen molar-refractivity contribution in [3.63, 3.8) is 0 Å². The average Bonchev–Trinajstić information content (AvgIpc) is 1.85. The SMILES string of the molecule is C=C(C)C(=O)O[Si](C)(C)OCC. The maximum Gasteiger partial charge on any atom is 0.395 e. The topological polar surface area (TPSA) is 35.5 Å². The zero-order valence-electron chi connectivity index (χ0n) is 8.14. The van der Waals surface area contributed by atoms with E-state index in [9.17, 15) is 4.79 Å². The van der Waals surface area contributed by atoms with Gasteiger partial charge in [0.1, 0.15) is 0 Å². The lowest BCUT2D eigenvalue weighted by Gasteiger charge is -2.21. The molecule has 4 heteroatoms. The molecule has 0 fully saturated rings. The van der Waals surface area contributed by atoms with Gasteiger partial charge in [-0.15, -0.1) is 0 Å². The minimum atomic E-state index is -2.24. The molecule has 0 spiro atoms. The standard InChI is InChI=1S/C8H16O3Si/c1-6-10-12(4,5)11-8(9)7(2)3/h2,6H2,1,3-5H3. The van der Waals surface area contributed by atoms with Crippen LogP contribution in [0.1, 0.15) is 13.8 Å². The second-order valence-corrected chi connectivity index (χ2v) is 6.30. The molecule has 0 atom stereocenters. The summed E-state index contributed by atoms with van der Waals surface area (Å²) in [5, 5.41) is 0. The number of rotatable bonds is 4. The van der Waals surface area contributed by atoms with E-state index in [0.717, 1.165) is 0 Å². The molecule has 0 aliphatic rings. The number of hydrogen-bond acceptors (Lipinski definition) is 3. The molecule has 3 nitrogen and oxygen atoms in total. The van der Waals surface area contributed by atoms with Crippen LogP contribution in [0.4, 0.5) is 0 Å². The third-order valence-corrected chi connectivity index (χ3v) is 2.84. The van der Waals surface area contributed by atoms with Gasteiger partial charge >= 0.3 is 14.5 Å². The van der Waals surface area contributed by atoms with Crippen LogP contribution in [0.3, 0.4) is 0 Å². The van der Waals surface area contributed by atoms with Crippen LogP contribution < -0.4 is 0 Å². The van der Waals surface area contributed by atoms with Crippen LogP contribution in [-0.2, 0) is 13.6 Å². The highest BCUT2D eigenvalue weighted by Gasteiger charge is 2.28. The molecule has 0 aliphatic carbocycles. The second kappa shape index (κ2) is 4.42. The Balaban J connectivity index is 4.05. The first kappa shape index (κ1) is 11.4. The lowest BCUT2D eigenvalue weighted by molar-refractivity contribution is -0.132. The number of hydrogen-bond donors (Lipinski definition) is 0. The van der Waals surface area contributed by atoms with Crippen molar-refractivity contribution in [1.82, 2.24) is 0 Å². The lowest BCUT2D eigenvalue weighted by atomic mass is 10.4. The Morgan fingerprint density at radius 1 is 1.50 bits per heavy atom. The summed E-state index contributed by atoms with van der Waals surface area (Å²) in [7, 11) is -2.24. The zero-order valence-corrected chi connectivity index (χ0v) is 9.14. The Hall–Kier alpha value is -0.613. The third kappa shape index (κ3) is 4.30. The van der Waals surface area contributed by atoms with Crippen LogP contribution in [0.2, 0.25) is 13.1 Å². The van der Waals surface area contributed by atoms with Gasteiger partial charge in [0.2, 0.25) is 0 Å². The fraction of sp³-hybridized carbons (Fsp3) is 0.625. The van der Waals surface area contributed by atoms with Gasteiger partial charge in [0, 0.05) is 12.2 Å². The molecule has 0 aromatic rings. The van der Waals surface area contributed by atoms with Gasteiger partial charge in [0.25, 0.3) is 0 Å². The van der Waals surface area contributed by atoms with Crippen LogP contribution in [-0.4, -0.2) is 21.1 Å². The van der Waals surface area contributed by atoms with Crippen molar-refractivity contribution < 1.29 is 13.6 Å². The summed E-state index contributed by atoms with van der Waals surface area (Å²) in [6, 6.07) is 0. The van der Waals surface area contributed by atoms with Crippen molar-refractivity contribution in [2.24, 2.45) is 0 Å². The maximum absolute atomic E-state index is 11.1. The molecular weight excluding hydrogens is 172 g/mol. The molecule has 0 heterocycles. The van der Waals surface area contributed by atoms with Crippen LogP contribution in [0, 0.1) is 0 Å². The quantitative estimate of drug-likeness (QED) is 0.499. The Labute approximate surface area is 74.6 Å². The van der Waals surface area contributed by atoms with Gasteiger partial charge < -0.3 is 8.85 Å². The Bertz CT molecular complexity index is 187. The first-order valence-corrected chi connectivity index (χ1v) is 6.73. The largest absolute Gasteiger partial charge is 0.491 e. The highest BCUT2D eigenvalue weighted by molar-refractivity contribution is 6.66. The minimum Gasteiger partial charge on any atom is -0.491 e. The van der Waals surface area contributed by atoms with Crippen LogP contribution >= 0.6 is 0 Å². The van der Waals surface area contributed by atoms with E-state index >= 15 is 0 Å². The van der Waals surface area contributed by atoms with Gasteiger partial charge in [-0.05, 0) is 26.9 Å². The molecule has 0 radical (unpaired) electrons. The molecule has 12 heavy (non-hydrogen) atoms. The highest BCUT2D eigenvalue weighted by Crippen LogP contribution is 2.08. The fourth-order valence-electron chi connectivity index (χ4n) is 0.687. The van der Waals surface area contributed by atoms with Crippen molar-refractivity contribution in [1.29, 1.82) is 0 Å². The Morgan fingerprint density at radius 3 is 2.33 bits per heavy atom. The Morgan fingerprint density at radius 2 is 2.00 bits per heavy atom. The molecule has 0 amide bonds. The Kier molecular flexibility index (Phi) is 4.20. The van der Waals surface area contributed by atoms with Crippen LogP contribution in [0.15, 0.2) is 12.2 Å². The predicted octanol–water partition coefficient (Wildman–Crippen LogP) is 1.84. The van der Waals surface area contributed by atoms with Crippen molar-refractivity contribution in [3.05, 3.63) is 12.2 Å². The van der Waals surface area contributed by atoms with Crippen molar-refractivity contribution in [2.75, 3.05) is 6.61 Å². The van der Waals surface area contributed by atoms with E-state index in [-0.39, 0.29) is 5.97 Å². The van der Waals surface area contributed by atoms with E-state index in [1.807, 2.05) is 20.0 Å². The summed E-state index contributed by atoms with van der Waals surface area (Å²) in [6.07, 6.45) is 0. The summed E-state index contributed by atoms with van der Waals surface area (Å²) in [4.78, 5) is 11.1. The fourth-order valence-corrected chi connectivity index (χ4v) is 2.06. The first-order chi connectivity index (χ1) is 5.39. The lowest BCUT2D eigenvalue weighted by Crippen LogP contribution is -2.37. The normalized spacial score (nSPS) is 11.0. The van der Waals surface area contributed by atoms with Crippen molar-refractivity contribution in [2.45, 2.75) is 26.9 Å². The van der Waals surface area contributed by atoms with E-state index in [1.54, 1.807) is 6.92 Å². The molecule has 0 aromatic heterocycles. The molecule has 0 aromatic carbocycles. The maximum atomic E-state index is 11.1. The van der Waals surface area contributed by atoms with Crippen molar-refractivity contribution in [3.8, 4) is 0 Å². The second-order valence-electron chi connectivity index (χ2n) is 3.00. The van der Waals surface area contributed by atoms with Crippen LogP contribution in [0.25, 0.3) is 0 Å². The molecule has 0 N–H and O–H groups in total. The monoisotopic (exact) mass is 188 g/mol. The van der Waals surface area contributed by atoms with E-state index in [2.05, 4.69) is 6.58 Å². The molecule has 0 saturated heterocycles. The molecule has 0 aliphatic heterocycles. The third-order valence-electron chi connectivity index (χ3n) is 1.18. The highest BCUT2D eigenvalue weighted by atomic mass is 28.4. The summed E-state index contributed by atoms with van der Waals surface area (Å²) in [5.41, 5.74) is 0.412. The average molecular weight is 188 g/mol. The minimum absolute atomic E-state index is 0.361. The zero-order chi connectivity index (χ0) is 9.78. The molecule has 70 valence electrons. The van der Waals surface area contributed by atoms with Crippen molar-refractivity contribution >= 4 is 14.5 Å². The van der Waals surface area contributed by atoms with Gasteiger partial charge in [-0.2, -0.15) is 0 Å². The van der Waals surface area contributed by atoms with Gasteiger partial charge in [-0.3, -0.25) is 0 Å². The summed E-state index contributed by atoms with van der Waals surface area (Å²) in [6.45, 7) is 11.2. The van der Waals surface area contributed by atoms with E-state index in [1.165, 1.54) is 0 Å². The molecule has 0 rings (SSSR count). The summed E-state index contributed by atoms with van der Waals surface area (Å²) >= 11 is 0. The predicted molar refractivity (Wildman–Crippen MR) is 50.0 cm³/mol. The van der Waals surface area contributed by atoms with Gasteiger partial charge in [0.05, 0.1) is 0 Å². The summed E-state index contributed by atoms with van der Waals surface area (Å²) in [5.74, 6) is -0.361. The molecule has 0 saturated carbocycles. The van der Waals surface area contributed by atoms with E-state index in [4.69, 9.17) is 8.85 Å². The first-order valence-electron chi connectivity index (χ1n) is 3.92.